The minimum atomic E-state index is 0.0369. The summed E-state index contributed by atoms with van der Waals surface area (Å²) in [4.78, 5) is 13.9. The van der Waals surface area contributed by atoms with E-state index >= 15 is 0 Å². The highest BCUT2D eigenvalue weighted by molar-refractivity contribution is 5.75. The van der Waals surface area contributed by atoms with Crippen LogP contribution in [0.4, 0.5) is 4.79 Å². The third-order valence-corrected chi connectivity index (χ3v) is 3.43. The predicted molar refractivity (Wildman–Crippen MR) is 61.1 cm³/mol. The lowest BCUT2D eigenvalue weighted by atomic mass is 10.00. The second kappa shape index (κ2) is 5.01. The summed E-state index contributed by atoms with van der Waals surface area (Å²) in [5.41, 5.74) is 5.87. The van der Waals surface area contributed by atoms with Gasteiger partial charge in [-0.2, -0.15) is 0 Å². The molecule has 92 valence electrons. The SMILES string of the molecule is CC1CC(N)CCN1C(=O)NC1CCOC1. The van der Waals surface area contributed by atoms with Crippen molar-refractivity contribution in [2.45, 2.75) is 44.3 Å². The van der Waals surface area contributed by atoms with E-state index < -0.39 is 0 Å². The highest BCUT2D eigenvalue weighted by Crippen LogP contribution is 2.16. The van der Waals surface area contributed by atoms with E-state index in [2.05, 4.69) is 12.2 Å². The molecule has 2 amide bonds. The fourth-order valence-corrected chi connectivity index (χ4v) is 2.42. The second-order valence-electron chi connectivity index (χ2n) is 4.84. The molecule has 2 aliphatic heterocycles. The molecular formula is C11H21N3O2. The Balaban J connectivity index is 1.83. The van der Waals surface area contributed by atoms with E-state index in [-0.39, 0.29) is 24.2 Å². The summed E-state index contributed by atoms with van der Waals surface area (Å²) in [6.45, 7) is 4.23. The summed E-state index contributed by atoms with van der Waals surface area (Å²) in [5.74, 6) is 0. The van der Waals surface area contributed by atoms with Crippen LogP contribution in [0.2, 0.25) is 0 Å². The van der Waals surface area contributed by atoms with E-state index in [0.29, 0.717) is 6.61 Å². The van der Waals surface area contributed by atoms with Crippen LogP contribution in [0.15, 0.2) is 0 Å². The first-order valence-electron chi connectivity index (χ1n) is 6.07. The summed E-state index contributed by atoms with van der Waals surface area (Å²) >= 11 is 0. The van der Waals surface area contributed by atoms with Crippen molar-refractivity contribution in [3.05, 3.63) is 0 Å². The van der Waals surface area contributed by atoms with Crippen LogP contribution in [0.5, 0.6) is 0 Å². The van der Waals surface area contributed by atoms with Gasteiger partial charge in [0, 0.05) is 25.2 Å². The molecule has 0 radical (unpaired) electrons. The van der Waals surface area contributed by atoms with E-state index in [1.165, 1.54) is 0 Å². The van der Waals surface area contributed by atoms with Crippen molar-refractivity contribution in [3.8, 4) is 0 Å². The number of urea groups is 1. The standard InChI is InChI=1S/C11H21N3O2/c1-8-6-9(12)2-4-14(8)11(15)13-10-3-5-16-7-10/h8-10H,2-7,12H2,1H3,(H,13,15). The number of piperidine rings is 1. The predicted octanol–water partition coefficient (Wildman–Crippen LogP) is 0.297. The number of nitrogens with one attached hydrogen (secondary N) is 1. The van der Waals surface area contributed by atoms with Crippen molar-refractivity contribution >= 4 is 6.03 Å². The smallest absolute Gasteiger partial charge is 0.317 e. The van der Waals surface area contributed by atoms with E-state index in [0.717, 1.165) is 32.4 Å². The van der Waals surface area contributed by atoms with Gasteiger partial charge in [-0.05, 0) is 26.2 Å². The van der Waals surface area contributed by atoms with Crippen LogP contribution in [0, 0.1) is 0 Å². The zero-order valence-electron chi connectivity index (χ0n) is 9.82. The normalized spacial score (nSPS) is 35.1. The molecule has 3 atom stereocenters. The third-order valence-electron chi connectivity index (χ3n) is 3.43. The topological polar surface area (TPSA) is 67.6 Å². The number of carbonyl (C=O) groups excluding carboxylic acids is 1. The van der Waals surface area contributed by atoms with E-state index in [1.807, 2.05) is 4.90 Å². The average molecular weight is 227 g/mol. The molecule has 16 heavy (non-hydrogen) atoms. The number of likely N-dealkylation sites (tertiary alicyclic amines) is 1. The van der Waals surface area contributed by atoms with Crippen LogP contribution >= 0.6 is 0 Å². The molecule has 0 aliphatic carbocycles. The molecular weight excluding hydrogens is 206 g/mol. The Morgan fingerprint density at radius 3 is 2.94 bits per heavy atom. The van der Waals surface area contributed by atoms with Gasteiger partial charge in [0.05, 0.1) is 12.6 Å². The van der Waals surface area contributed by atoms with Gasteiger partial charge in [0.25, 0.3) is 0 Å². The van der Waals surface area contributed by atoms with Crippen LogP contribution in [0.3, 0.4) is 0 Å². The molecule has 5 heteroatoms. The van der Waals surface area contributed by atoms with Gasteiger partial charge >= 0.3 is 6.03 Å². The highest BCUT2D eigenvalue weighted by atomic mass is 16.5. The minimum absolute atomic E-state index is 0.0369. The van der Waals surface area contributed by atoms with Crippen LogP contribution < -0.4 is 11.1 Å². The monoisotopic (exact) mass is 227 g/mol. The van der Waals surface area contributed by atoms with Gasteiger partial charge in [-0.15, -0.1) is 0 Å². The first kappa shape index (κ1) is 11.7. The van der Waals surface area contributed by atoms with E-state index in [4.69, 9.17) is 10.5 Å². The van der Waals surface area contributed by atoms with Gasteiger partial charge in [-0.25, -0.2) is 4.79 Å². The Morgan fingerprint density at radius 2 is 2.31 bits per heavy atom. The van der Waals surface area contributed by atoms with Crippen molar-refractivity contribution in [3.63, 3.8) is 0 Å². The lowest BCUT2D eigenvalue weighted by Crippen LogP contribution is -2.53. The van der Waals surface area contributed by atoms with Crippen LogP contribution in [-0.4, -0.2) is 48.8 Å². The molecule has 3 unspecified atom stereocenters. The fraction of sp³-hybridized carbons (Fsp3) is 0.909. The van der Waals surface area contributed by atoms with Gasteiger partial charge in [-0.3, -0.25) is 0 Å². The largest absolute Gasteiger partial charge is 0.379 e. The number of nitrogens with zero attached hydrogens (tertiary/aromatic N) is 1. The zero-order valence-corrected chi connectivity index (χ0v) is 9.82. The van der Waals surface area contributed by atoms with Crippen LogP contribution in [-0.2, 0) is 4.74 Å². The summed E-state index contributed by atoms with van der Waals surface area (Å²) in [6.07, 6.45) is 2.72. The molecule has 2 aliphatic rings. The van der Waals surface area contributed by atoms with Crippen molar-refractivity contribution in [1.82, 2.24) is 10.2 Å². The molecule has 0 bridgehead atoms. The molecule has 5 nitrogen and oxygen atoms in total. The number of rotatable bonds is 1. The Kier molecular flexibility index (Phi) is 3.66. The Morgan fingerprint density at radius 1 is 1.50 bits per heavy atom. The molecule has 2 heterocycles. The van der Waals surface area contributed by atoms with Crippen LogP contribution in [0.1, 0.15) is 26.2 Å². The number of nitrogens with two attached hydrogens (primary N) is 1. The molecule has 0 saturated carbocycles. The van der Waals surface area contributed by atoms with Gasteiger partial charge < -0.3 is 20.7 Å². The maximum atomic E-state index is 12.0. The quantitative estimate of drug-likeness (QED) is 0.677. The first-order chi connectivity index (χ1) is 7.66. The highest BCUT2D eigenvalue weighted by Gasteiger charge is 2.28. The average Bonchev–Trinajstić information content (AvgIpc) is 2.70. The molecule has 2 saturated heterocycles. The number of carbonyl (C=O) groups is 1. The Hall–Kier alpha value is -0.810. The first-order valence-corrected chi connectivity index (χ1v) is 6.07. The molecule has 3 N–H and O–H groups in total. The van der Waals surface area contributed by atoms with Crippen LogP contribution in [0.25, 0.3) is 0 Å². The molecule has 0 aromatic rings. The summed E-state index contributed by atoms with van der Waals surface area (Å²) in [5, 5.41) is 3.01. The van der Waals surface area contributed by atoms with E-state index in [1.54, 1.807) is 0 Å². The maximum Gasteiger partial charge on any atom is 0.317 e. The zero-order chi connectivity index (χ0) is 11.5. The third kappa shape index (κ3) is 2.65. The molecule has 0 aromatic heterocycles. The fourth-order valence-electron chi connectivity index (χ4n) is 2.42. The van der Waals surface area contributed by atoms with Crippen molar-refractivity contribution in [2.75, 3.05) is 19.8 Å². The van der Waals surface area contributed by atoms with Gasteiger partial charge in [0.2, 0.25) is 0 Å². The maximum absolute atomic E-state index is 12.0. The summed E-state index contributed by atoms with van der Waals surface area (Å²) in [6, 6.07) is 0.713. The number of ether oxygens (including phenoxy) is 1. The molecule has 2 rings (SSSR count). The number of hydrogen-bond acceptors (Lipinski definition) is 3. The number of hydrogen-bond donors (Lipinski definition) is 2. The Bertz CT molecular complexity index is 254. The minimum Gasteiger partial charge on any atom is -0.379 e. The second-order valence-corrected chi connectivity index (χ2v) is 4.84. The Labute approximate surface area is 96.3 Å². The van der Waals surface area contributed by atoms with E-state index in [9.17, 15) is 4.79 Å². The lowest BCUT2D eigenvalue weighted by Gasteiger charge is -2.36. The molecule has 0 aromatic carbocycles. The van der Waals surface area contributed by atoms with Crippen molar-refractivity contribution in [1.29, 1.82) is 0 Å². The van der Waals surface area contributed by atoms with Gasteiger partial charge in [-0.1, -0.05) is 0 Å². The molecule has 2 fully saturated rings. The van der Waals surface area contributed by atoms with Crippen molar-refractivity contribution in [2.24, 2.45) is 5.73 Å². The summed E-state index contributed by atoms with van der Waals surface area (Å²) in [7, 11) is 0. The van der Waals surface area contributed by atoms with Gasteiger partial charge in [0.15, 0.2) is 0 Å². The molecule has 0 spiro atoms. The van der Waals surface area contributed by atoms with Gasteiger partial charge in [0.1, 0.15) is 0 Å². The lowest BCUT2D eigenvalue weighted by molar-refractivity contribution is 0.144. The number of amides is 2. The van der Waals surface area contributed by atoms with Crippen molar-refractivity contribution < 1.29 is 9.53 Å². The summed E-state index contributed by atoms with van der Waals surface area (Å²) < 4.78 is 5.24.